The summed E-state index contributed by atoms with van der Waals surface area (Å²) < 4.78 is 22.1. The molecule has 0 spiro atoms. The van der Waals surface area contributed by atoms with E-state index in [1.165, 1.54) is 37.6 Å². The minimum atomic E-state index is -0.683. The highest BCUT2D eigenvalue weighted by Crippen LogP contribution is 2.50. The first-order chi connectivity index (χ1) is 22.5. The fraction of sp³-hybridized carbons (Fsp3) is 0.462. The van der Waals surface area contributed by atoms with Crippen LogP contribution in [-0.2, 0) is 5.41 Å². The van der Waals surface area contributed by atoms with Crippen LogP contribution < -0.4 is 25.6 Å². The number of nitrogens with zero attached hydrogens (tertiary/aromatic N) is 1. The molecule has 0 N–H and O–H groups in total. The molecule has 1 atom stereocenters. The van der Waals surface area contributed by atoms with Crippen LogP contribution in [-0.4, -0.2) is 33.1 Å². The maximum Gasteiger partial charge on any atom is 0.347 e. The Bertz CT molecular complexity index is 1890. The fourth-order valence-corrected chi connectivity index (χ4v) is 6.33. The minimum Gasteiger partial charge on any atom is -0.496 e. The zero-order chi connectivity index (χ0) is 35.2. The SMILES string of the molecule is CC.CC.CC.COc1cc(OC)c2cc(/C=C/C(=O)c3c(C)c4cc5c6c(c4oc3=O)C(C)(C)CCN6CCC5C)c(=O)oc2c1. The van der Waals surface area contributed by atoms with Crippen molar-refractivity contribution >= 4 is 39.5 Å². The van der Waals surface area contributed by atoms with E-state index in [4.69, 9.17) is 18.3 Å². The van der Waals surface area contributed by atoms with E-state index in [-0.39, 0.29) is 16.5 Å². The molecule has 2 aliphatic rings. The standard InChI is InChI=1S/C33H33NO7.3C2H6/c1-17-9-11-34-12-10-33(3,4)28-29(34)21(17)16-22-18(2)27(32(37)41-30(22)28)24(35)8-7-19-13-23-25(39-6)14-20(38-5)15-26(23)40-31(19)36;3*1-2/h7-8,13-17H,9-12H2,1-6H3;3*1-2H3/b8-7+;;;. The Hall–Kier alpha value is -4.33. The van der Waals surface area contributed by atoms with Gasteiger partial charge in [-0.15, -0.1) is 0 Å². The number of benzene rings is 2. The first-order valence-electron chi connectivity index (χ1n) is 16.9. The smallest absolute Gasteiger partial charge is 0.347 e. The summed E-state index contributed by atoms with van der Waals surface area (Å²) in [6, 6.07) is 6.96. The van der Waals surface area contributed by atoms with Crippen LogP contribution in [0.25, 0.3) is 28.0 Å². The number of carbonyl (C=O) groups is 1. The van der Waals surface area contributed by atoms with Crippen LogP contribution in [0.5, 0.6) is 11.5 Å². The van der Waals surface area contributed by atoms with E-state index >= 15 is 0 Å². The number of carbonyl (C=O) groups excluding carboxylic acids is 1. The average molecular weight is 646 g/mol. The summed E-state index contributed by atoms with van der Waals surface area (Å²) in [5.41, 5.74) is 3.52. The van der Waals surface area contributed by atoms with Gasteiger partial charge in [-0.2, -0.15) is 0 Å². The molecule has 0 aliphatic carbocycles. The Balaban J connectivity index is 0.000000947. The molecule has 2 aromatic carbocycles. The maximum absolute atomic E-state index is 13.5. The van der Waals surface area contributed by atoms with Crippen molar-refractivity contribution in [2.45, 2.75) is 93.4 Å². The molecule has 254 valence electrons. The van der Waals surface area contributed by atoms with Crippen molar-refractivity contribution in [3.05, 3.63) is 79.0 Å². The molecule has 0 saturated heterocycles. The van der Waals surface area contributed by atoms with Crippen LogP contribution in [0, 0.1) is 6.92 Å². The molecule has 8 nitrogen and oxygen atoms in total. The second-order valence-electron chi connectivity index (χ2n) is 11.7. The van der Waals surface area contributed by atoms with Crippen molar-refractivity contribution in [3.8, 4) is 11.5 Å². The van der Waals surface area contributed by atoms with Gasteiger partial charge in [0.25, 0.3) is 0 Å². The highest BCUT2D eigenvalue weighted by Gasteiger charge is 2.39. The van der Waals surface area contributed by atoms with Gasteiger partial charge in [0.2, 0.25) is 0 Å². The molecule has 6 rings (SSSR count). The highest BCUT2D eigenvalue weighted by atomic mass is 16.5. The van der Waals surface area contributed by atoms with E-state index in [1.54, 1.807) is 25.1 Å². The molecule has 0 saturated carbocycles. The average Bonchev–Trinajstić information content (AvgIpc) is 3.08. The first-order valence-corrected chi connectivity index (χ1v) is 16.9. The van der Waals surface area contributed by atoms with Gasteiger partial charge in [-0.05, 0) is 66.5 Å². The molecular weight excluding hydrogens is 594 g/mol. The maximum atomic E-state index is 13.5. The molecule has 2 aliphatic heterocycles. The monoisotopic (exact) mass is 645 g/mol. The zero-order valence-electron chi connectivity index (χ0n) is 30.2. The topological polar surface area (TPSA) is 99.2 Å². The van der Waals surface area contributed by atoms with Gasteiger partial charge >= 0.3 is 11.3 Å². The van der Waals surface area contributed by atoms with Crippen molar-refractivity contribution in [1.82, 2.24) is 0 Å². The third-order valence-corrected chi connectivity index (χ3v) is 8.75. The Kier molecular flexibility index (Phi) is 12.3. The number of anilines is 1. The summed E-state index contributed by atoms with van der Waals surface area (Å²) in [6.45, 7) is 22.4. The van der Waals surface area contributed by atoms with Gasteiger partial charge in [0.15, 0.2) is 5.78 Å². The van der Waals surface area contributed by atoms with Crippen molar-refractivity contribution in [1.29, 1.82) is 0 Å². The summed E-state index contributed by atoms with van der Waals surface area (Å²) in [4.78, 5) is 41.9. The van der Waals surface area contributed by atoms with E-state index < -0.39 is 17.0 Å². The van der Waals surface area contributed by atoms with Crippen LogP contribution in [0.2, 0.25) is 0 Å². The molecule has 0 fully saturated rings. The third-order valence-electron chi connectivity index (χ3n) is 8.75. The number of ketones is 1. The van der Waals surface area contributed by atoms with E-state index in [0.29, 0.717) is 39.5 Å². The van der Waals surface area contributed by atoms with Crippen LogP contribution in [0.3, 0.4) is 0 Å². The predicted octanol–water partition coefficient (Wildman–Crippen LogP) is 9.19. The third kappa shape index (κ3) is 6.87. The fourth-order valence-electron chi connectivity index (χ4n) is 6.33. The number of ether oxygens (including phenoxy) is 2. The van der Waals surface area contributed by atoms with Crippen molar-refractivity contribution in [2.75, 3.05) is 32.2 Å². The van der Waals surface area contributed by atoms with Crippen LogP contribution in [0.15, 0.2) is 48.8 Å². The number of rotatable bonds is 5. The second-order valence-corrected chi connectivity index (χ2v) is 11.7. The van der Waals surface area contributed by atoms with Crippen molar-refractivity contribution in [2.24, 2.45) is 0 Å². The lowest BCUT2D eigenvalue weighted by Gasteiger charge is -2.45. The summed E-state index contributed by atoms with van der Waals surface area (Å²) in [5, 5.41) is 1.33. The largest absolute Gasteiger partial charge is 0.496 e. The Morgan fingerprint density at radius 1 is 0.915 bits per heavy atom. The first kappa shape index (κ1) is 37.1. The molecule has 4 heterocycles. The summed E-state index contributed by atoms with van der Waals surface area (Å²) in [5.74, 6) is 0.751. The number of fused-ring (bicyclic) bond motifs is 3. The molecule has 0 radical (unpaired) electrons. The number of hydrogen-bond acceptors (Lipinski definition) is 8. The zero-order valence-corrected chi connectivity index (χ0v) is 30.2. The molecule has 8 heteroatoms. The quantitative estimate of drug-likeness (QED) is 0.120. The lowest BCUT2D eigenvalue weighted by molar-refractivity contribution is 0.104. The molecule has 4 aromatic rings. The Morgan fingerprint density at radius 3 is 2.23 bits per heavy atom. The predicted molar refractivity (Wildman–Crippen MR) is 193 cm³/mol. The van der Waals surface area contributed by atoms with Gasteiger partial charge < -0.3 is 23.2 Å². The van der Waals surface area contributed by atoms with Gasteiger partial charge in [-0.1, -0.05) is 62.3 Å². The lowest BCUT2D eigenvalue weighted by Crippen LogP contribution is -2.41. The summed E-state index contributed by atoms with van der Waals surface area (Å²) in [6.07, 6.45) is 4.58. The molecule has 1 unspecified atom stereocenters. The highest BCUT2D eigenvalue weighted by molar-refractivity contribution is 6.10. The summed E-state index contributed by atoms with van der Waals surface area (Å²) in [7, 11) is 3.01. The molecule has 0 amide bonds. The van der Waals surface area contributed by atoms with Gasteiger partial charge in [-0.25, -0.2) is 9.59 Å². The normalized spacial score (nSPS) is 15.8. The van der Waals surface area contributed by atoms with Gasteiger partial charge in [0.1, 0.15) is 28.2 Å². The lowest BCUT2D eigenvalue weighted by atomic mass is 9.72. The van der Waals surface area contributed by atoms with E-state index in [2.05, 4.69) is 31.7 Å². The van der Waals surface area contributed by atoms with Gasteiger partial charge in [-0.3, -0.25) is 4.79 Å². The molecular formula is C39H51NO7. The molecule has 47 heavy (non-hydrogen) atoms. The minimum absolute atomic E-state index is 0.0395. The van der Waals surface area contributed by atoms with E-state index in [9.17, 15) is 14.4 Å². The Morgan fingerprint density at radius 2 is 1.60 bits per heavy atom. The van der Waals surface area contributed by atoms with E-state index in [0.717, 1.165) is 36.9 Å². The van der Waals surface area contributed by atoms with Crippen LogP contribution in [0.4, 0.5) is 5.69 Å². The molecule has 0 bridgehead atoms. The number of hydrogen-bond donors (Lipinski definition) is 0. The number of allylic oxidation sites excluding steroid dienone is 1. The molecule has 2 aromatic heterocycles. The van der Waals surface area contributed by atoms with Crippen LogP contribution in [0.1, 0.15) is 114 Å². The van der Waals surface area contributed by atoms with Crippen molar-refractivity contribution < 1.29 is 23.1 Å². The Labute approximate surface area is 278 Å². The second kappa shape index (κ2) is 15.5. The van der Waals surface area contributed by atoms with Crippen LogP contribution >= 0.6 is 0 Å². The van der Waals surface area contributed by atoms with Gasteiger partial charge in [0.05, 0.1) is 25.2 Å². The van der Waals surface area contributed by atoms with Crippen molar-refractivity contribution in [3.63, 3.8) is 0 Å². The summed E-state index contributed by atoms with van der Waals surface area (Å²) >= 11 is 0. The number of methoxy groups -OCH3 is 2. The van der Waals surface area contributed by atoms with E-state index in [1.807, 2.05) is 41.5 Å². The van der Waals surface area contributed by atoms with Gasteiger partial charge in [0, 0.05) is 41.9 Å². The number of aryl methyl sites for hydroxylation is 1.